The topological polar surface area (TPSA) is 38.9 Å². The lowest BCUT2D eigenvalue weighted by Crippen LogP contribution is -2.04. The average molecular weight is 251 g/mol. The fraction of sp³-hybridized carbons (Fsp3) is 0.375. The van der Waals surface area contributed by atoms with E-state index in [1.165, 1.54) is 6.07 Å². The van der Waals surface area contributed by atoms with Gasteiger partial charge in [0.05, 0.1) is 11.3 Å². The first-order valence-electron chi connectivity index (χ1n) is 3.70. The van der Waals surface area contributed by atoms with Crippen molar-refractivity contribution in [1.82, 2.24) is 4.98 Å². The summed E-state index contributed by atoms with van der Waals surface area (Å²) in [5.74, 6) is 0. The SMILES string of the molecule is Cc1nc(CN)cc(Br)c1C(F)F. The van der Waals surface area contributed by atoms with E-state index < -0.39 is 6.43 Å². The minimum atomic E-state index is -2.51. The Bertz CT molecular complexity index is 292. The molecule has 1 heterocycles. The van der Waals surface area contributed by atoms with Crippen molar-refractivity contribution in [3.63, 3.8) is 0 Å². The minimum absolute atomic E-state index is 0.0581. The van der Waals surface area contributed by atoms with Crippen LogP contribution in [-0.2, 0) is 6.54 Å². The quantitative estimate of drug-likeness (QED) is 0.877. The number of aryl methyl sites for hydroxylation is 1. The Kier molecular flexibility index (Phi) is 3.33. The van der Waals surface area contributed by atoms with Gasteiger partial charge in [0.15, 0.2) is 0 Å². The molecule has 0 aliphatic heterocycles. The Labute approximate surface area is 83.3 Å². The molecule has 0 aliphatic carbocycles. The summed E-state index contributed by atoms with van der Waals surface area (Å²) in [5, 5.41) is 0. The van der Waals surface area contributed by atoms with Gasteiger partial charge in [0.2, 0.25) is 0 Å². The lowest BCUT2D eigenvalue weighted by Gasteiger charge is -2.08. The molecule has 72 valence electrons. The van der Waals surface area contributed by atoms with Crippen molar-refractivity contribution in [3.8, 4) is 0 Å². The second-order valence-electron chi connectivity index (χ2n) is 2.60. The molecule has 0 spiro atoms. The van der Waals surface area contributed by atoms with Gasteiger partial charge in [0.1, 0.15) is 0 Å². The van der Waals surface area contributed by atoms with E-state index in [0.717, 1.165) is 0 Å². The molecule has 1 aromatic heterocycles. The zero-order valence-corrected chi connectivity index (χ0v) is 8.61. The lowest BCUT2D eigenvalue weighted by atomic mass is 10.2. The number of hydrogen-bond acceptors (Lipinski definition) is 2. The minimum Gasteiger partial charge on any atom is -0.325 e. The summed E-state index contributed by atoms with van der Waals surface area (Å²) < 4.78 is 25.2. The molecule has 0 saturated carbocycles. The average Bonchev–Trinajstić information content (AvgIpc) is 2.02. The Morgan fingerprint density at radius 1 is 1.62 bits per heavy atom. The van der Waals surface area contributed by atoms with Crippen LogP contribution in [0.3, 0.4) is 0 Å². The van der Waals surface area contributed by atoms with Gasteiger partial charge >= 0.3 is 0 Å². The molecule has 1 rings (SSSR count). The van der Waals surface area contributed by atoms with Crippen LogP contribution in [0, 0.1) is 6.92 Å². The molecule has 0 unspecified atom stereocenters. The van der Waals surface area contributed by atoms with Crippen molar-refractivity contribution in [2.24, 2.45) is 5.73 Å². The van der Waals surface area contributed by atoms with Crippen LogP contribution in [0.15, 0.2) is 10.5 Å². The van der Waals surface area contributed by atoms with Crippen molar-refractivity contribution in [2.45, 2.75) is 19.9 Å². The van der Waals surface area contributed by atoms with E-state index in [9.17, 15) is 8.78 Å². The van der Waals surface area contributed by atoms with Crippen LogP contribution in [0.1, 0.15) is 23.4 Å². The van der Waals surface area contributed by atoms with Gasteiger partial charge in [0, 0.05) is 16.7 Å². The van der Waals surface area contributed by atoms with Crippen LogP contribution in [-0.4, -0.2) is 4.98 Å². The molecule has 2 N–H and O–H groups in total. The van der Waals surface area contributed by atoms with E-state index in [1.807, 2.05) is 0 Å². The molecular formula is C8H9BrF2N2. The predicted octanol–water partition coefficient (Wildman–Crippen LogP) is 2.55. The number of rotatable bonds is 2. The molecular weight excluding hydrogens is 242 g/mol. The fourth-order valence-corrected chi connectivity index (χ4v) is 1.80. The van der Waals surface area contributed by atoms with Crippen molar-refractivity contribution in [2.75, 3.05) is 0 Å². The van der Waals surface area contributed by atoms with E-state index >= 15 is 0 Å². The normalized spacial score (nSPS) is 10.9. The van der Waals surface area contributed by atoms with Crippen molar-refractivity contribution >= 4 is 15.9 Å². The maximum Gasteiger partial charge on any atom is 0.266 e. The van der Waals surface area contributed by atoms with E-state index in [0.29, 0.717) is 15.9 Å². The first kappa shape index (κ1) is 10.5. The molecule has 0 saturated heterocycles. The maximum absolute atomic E-state index is 12.4. The Morgan fingerprint density at radius 3 is 2.62 bits per heavy atom. The number of halogens is 3. The van der Waals surface area contributed by atoms with E-state index in [1.54, 1.807) is 6.92 Å². The summed E-state index contributed by atoms with van der Waals surface area (Å²) in [6.07, 6.45) is -2.51. The summed E-state index contributed by atoms with van der Waals surface area (Å²) in [4.78, 5) is 3.94. The van der Waals surface area contributed by atoms with Crippen LogP contribution in [0.2, 0.25) is 0 Å². The molecule has 13 heavy (non-hydrogen) atoms. The monoisotopic (exact) mass is 250 g/mol. The zero-order chi connectivity index (χ0) is 10.0. The van der Waals surface area contributed by atoms with Crippen LogP contribution >= 0.6 is 15.9 Å². The third kappa shape index (κ3) is 2.22. The third-order valence-corrected chi connectivity index (χ3v) is 2.34. The van der Waals surface area contributed by atoms with Gasteiger partial charge in [-0.05, 0) is 13.0 Å². The van der Waals surface area contributed by atoms with Gasteiger partial charge in [-0.25, -0.2) is 8.78 Å². The molecule has 1 aromatic rings. The zero-order valence-electron chi connectivity index (χ0n) is 7.02. The number of aromatic nitrogens is 1. The highest BCUT2D eigenvalue weighted by atomic mass is 79.9. The second kappa shape index (κ2) is 4.11. The van der Waals surface area contributed by atoms with E-state index in [2.05, 4.69) is 20.9 Å². The number of nitrogens with zero attached hydrogens (tertiary/aromatic N) is 1. The van der Waals surface area contributed by atoms with Crippen molar-refractivity contribution in [1.29, 1.82) is 0 Å². The number of hydrogen-bond donors (Lipinski definition) is 1. The van der Waals surface area contributed by atoms with Crippen molar-refractivity contribution < 1.29 is 8.78 Å². The van der Waals surface area contributed by atoms with E-state index in [-0.39, 0.29) is 12.1 Å². The highest BCUT2D eigenvalue weighted by Crippen LogP contribution is 2.29. The highest BCUT2D eigenvalue weighted by Gasteiger charge is 2.16. The molecule has 0 radical (unpaired) electrons. The van der Waals surface area contributed by atoms with Crippen LogP contribution < -0.4 is 5.73 Å². The molecule has 0 aromatic carbocycles. The molecule has 0 fully saturated rings. The van der Waals surface area contributed by atoms with Gasteiger partial charge in [-0.1, -0.05) is 15.9 Å². The van der Waals surface area contributed by atoms with Crippen LogP contribution in [0.25, 0.3) is 0 Å². The summed E-state index contributed by atoms with van der Waals surface area (Å²) >= 11 is 3.06. The van der Waals surface area contributed by atoms with Gasteiger partial charge in [-0.15, -0.1) is 0 Å². The van der Waals surface area contributed by atoms with Gasteiger partial charge in [-0.2, -0.15) is 0 Å². The lowest BCUT2D eigenvalue weighted by molar-refractivity contribution is 0.149. The Hall–Kier alpha value is -0.550. The largest absolute Gasteiger partial charge is 0.325 e. The molecule has 0 amide bonds. The van der Waals surface area contributed by atoms with Crippen LogP contribution in [0.4, 0.5) is 8.78 Å². The Morgan fingerprint density at radius 2 is 2.23 bits per heavy atom. The second-order valence-corrected chi connectivity index (χ2v) is 3.45. The first-order valence-corrected chi connectivity index (χ1v) is 4.49. The number of nitrogens with two attached hydrogens (primary N) is 1. The number of alkyl halides is 2. The maximum atomic E-state index is 12.4. The summed E-state index contributed by atoms with van der Waals surface area (Å²) in [6, 6.07) is 1.52. The van der Waals surface area contributed by atoms with Crippen molar-refractivity contribution in [3.05, 3.63) is 27.5 Å². The number of pyridine rings is 1. The molecule has 0 atom stereocenters. The molecule has 5 heteroatoms. The molecule has 0 aliphatic rings. The standard InChI is InChI=1S/C8H9BrF2N2/c1-4-7(8(10)11)6(9)2-5(3-12)13-4/h2,8H,3,12H2,1H3. The highest BCUT2D eigenvalue weighted by molar-refractivity contribution is 9.10. The predicted molar refractivity (Wildman–Crippen MR) is 49.5 cm³/mol. The summed E-state index contributed by atoms with van der Waals surface area (Å²) in [7, 11) is 0. The molecule has 2 nitrogen and oxygen atoms in total. The fourth-order valence-electron chi connectivity index (χ4n) is 1.07. The summed E-state index contributed by atoms with van der Waals surface area (Å²) in [5.41, 5.74) is 6.21. The Balaban J connectivity index is 3.23. The third-order valence-electron chi connectivity index (χ3n) is 1.68. The molecule has 0 bridgehead atoms. The first-order chi connectivity index (χ1) is 6.06. The van der Waals surface area contributed by atoms with E-state index in [4.69, 9.17) is 5.73 Å². The van der Waals surface area contributed by atoms with Gasteiger partial charge in [0.25, 0.3) is 6.43 Å². The summed E-state index contributed by atoms with van der Waals surface area (Å²) in [6.45, 7) is 1.80. The van der Waals surface area contributed by atoms with Gasteiger partial charge in [-0.3, -0.25) is 4.98 Å². The smallest absolute Gasteiger partial charge is 0.266 e. The van der Waals surface area contributed by atoms with Crippen LogP contribution in [0.5, 0.6) is 0 Å². The van der Waals surface area contributed by atoms with Gasteiger partial charge < -0.3 is 5.73 Å².